The van der Waals surface area contributed by atoms with Crippen LogP contribution in [-0.2, 0) is 20.3 Å². The van der Waals surface area contributed by atoms with E-state index in [9.17, 15) is 0 Å². The lowest BCUT2D eigenvalue weighted by molar-refractivity contribution is -0.627. The molecule has 3 atom stereocenters. The largest absolute Gasteiger partial charge is 0.543 e. The predicted molar refractivity (Wildman–Crippen MR) is 134 cm³/mol. The molecule has 33 heavy (non-hydrogen) atoms. The highest BCUT2D eigenvalue weighted by molar-refractivity contribution is 6.74. The van der Waals surface area contributed by atoms with Crippen LogP contribution >= 0.6 is 0 Å². The zero-order valence-electron chi connectivity index (χ0n) is 21.9. The van der Waals surface area contributed by atoms with Crippen LogP contribution in [0.3, 0.4) is 0 Å². The van der Waals surface area contributed by atoms with Crippen molar-refractivity contribution in [3.05, 3.63) is 65.7 Å². The molecular formula is C28H40O4Si. The van der Waals surface area contributed by atoms with Gasteiger partial charge >= 0.3 is 0 Å². The minimum absolute atomic E-state index is 0.108. The normalized spacial score (nSPS) is 29.3. The maximum absolute atomic E-state index is 6.93. The van der Waals surface area contributed by atoms with Gasteiger partial charge in [-0.3, -0.25) is 0 Å². The van der Waals surface area contributed by atoms with Crippen LogP contribution in [0.4, 0.5) is 0 Å². The topological polar surface area (TPSA) is 36.9 Å². The minimum Gasteiger partial charge on any atom is -0.543 e. The summed E-state index contributed by atoms with van der Waals surface area (Å²) in [5, 5.41) is 0.108. The molecule has 4 nitrogen and oxygen atoms in total. The van der Waals surface area contributed by atoms with Gasteiger partial charge in [-0.15, -0.1) is 0 Å². The minimum atomic E-state index is -1.99. The van der Waals surface area contributed by atoms with Gasteiger partial charge in [0.15, 0.2) is 5.60 Å². The highest BCUT2D eigenvalue weighted by atomic mass is 28.4. The molecular weight excluding hydrogens is 428 g/mol. The summed E-state index contributed by atoms with van der Waals surface area (Å²) >= 11 is 0. The molecule has 2 heterocycles. The number of hydrogen-bond acceptors (Lipinski definition) is 4. The highest BCUT2D eigenvalue weighted by Gasteiger charge is 2.84. The number of rotatable bonds is 4. The fourth-order valence-electron chi connectivity index (χ4n) is 5.56. The summed E-state index contributed by atoms with van der Waals surface area (Å²) in [5.74, 6) is -0.168. The summed E-state index contributed by atoms with van der Waals surface area (Å²) < 4.78 is 13.6. The van der Waals surface area contributed by atoms with Gasteiger partial charge in [0.05, 0.1) is 6.10 Å². The Kier molecular flexibility index (Phi) is 5.50. The van der Waals surface area contributed by atoms with Gasteiger partial charge in [0.25, 0.3) is 5.79 Å². The maximum Gasteiger partial charge on any atom is 0.262 e. The molecule has 0 bridgehead atoms. The Balaban J connectivity index is 1.83. The lowest BCUT2D eigenvalue weighted by atomic mass is 9.55. The molecule has 5 heteroatoms. The third kappa shape index (κ3) is 3.35. The van der Waals surface area contributed by atoms with Crippen molar-refractivity contribution >= 4 is 8.32 Å². The van der Waals surface area contributed by atoms with Gasteiger partial charge in [-0.05, 0) is 35.8 Å². The lowest BCUT2D eigenvalue weighted by Crippen LogP contribution is -2.73. The van der Waals surface area contributed by atoms with Gasteiger partial charge in [-0.2, -0.15) is 4.89 Å². The van der Waals surface area contributed by atoms with Crippen molar-refractivity contribution in [2.24, 2.45) is 10.8 Å². The van der Waals surface area contributed by atoms with Crippen LogP contribution in [0.5, 0.6) is 5.75 Å². The monoisotopic (exact) mass is 468 g/mol. The van der Waals surface area contributed by atoms with E-state index in [1.54, 1.807) is 0 Å². The van der Waals surface area contributed by atoms with Crippen LogP contribution in [0, 0.1) is 10.8 Å². The van der Waals surface area contributed by atoms with Crippen LogP contribution in [0.1, 0.15) is 72.6 Å². The molecule has 0 saturated carbocycles. The van der Waals surface area contributed by atoms with Gasteiger partial charge in [0, 0.05) is 16.4 Å². The summed E-state index contributed by atoms with van der Waals surface area (Å²) in [7, 11) is -1.99. The first-order valence-electron chi connectivity index (χ1n) is 12.0. The van der Waals surface area contributed by atoms with Crippen molar-refractivity contribution in [2.75, 3.05) is 0 Å². The lowest BCUT2D eigenvalue weighted by Gasteiger charge is -2.61. The number of hydrogen-bond donors (Lipinski definition) is 0. The van der Waals surface area contributed by atoms with Gasteiger partial charge < -0.3 is 9.16 Å². The fraction of sp³-hybridized carbons (Fsp3) is 0.571. The number of benzene rings is 2. The van der Waals surface area contributed by atoms with Crippen LogP contribution in [0.15, 0.2) is 54.6 Å². The van der Waals surface area contributed by atoms with Gasteiger partial charge in [0.1, 0.15) is 5.75 Å². The van der Waals surface area contributed by atoms with E-state index in [-0.39, 0.29) is 22.0 Å². The quantitative estimate of drug-likeness (QED) is 0.339. The Morgan fingerprint density at radius 3 is 2.00 bits per heavy atom. The van der Waals surface area contributed by atoms with Crippen LogP contribution in [-0.4, -0.2) is 13.9 Å². The first kappa shape index (κ1) is 24.5. The predicted octanol–water partition coefficient (Wildman–Crippen LogP) is 7.77. The van der Waals surface area contributed by atoms with E-state index in [2.05, 4.69) is 105 Å². The second-order valence-corrected chi connectivity index (χ2v) is 17.5. The van der Waals surface area contributed by atoms with Crippen LogP contribution < -0.4 is 4.43 Å². The van der Waals surface area contributed by atoms with Crippen molar-refractivity contribution < 1.29 is 18.9 Å². The van der Waals surface area contributed by atoms with Crippen molar-refractivity contribution in [3.8, 4) is 5.75 Å². The molecule has 2 fully saturated rings. The molecule has 2 aliphatic heterocycles. The molecule has 4 rings (SSSR count). The summed E-state index contributed by atoms with van der Waals surface area (Å²) in [6.45, 7) is 22.4. The van der Waals surface area contributed by atoms with Crippen molar-refractivity contribution in [3.63, 3.8) is 0 Å². The van der Waals surface area contributed by atoms with Gasteiger partial charge in [-0.1, -0.05) is 97.9 Å². The van der Waals surface area contributed by atoms with E-state index in [0.717, 1.165) is 16.9 Å². The van der Waals surface area contributed by atoms with E-state index in [0.29, 0.717) is 0 Å². The summed E-state index contributed by atoms with van der Waals surface area (Å²) in [6, 6.07) is 18.6. The Bertz CT molecular complexity index is 1020. The molecule has 0 N–H and O–H groups in total. The molecule has 0 amide bonds. The molecule has 0 aromatic heterocycles. The van der Waals surface area contributed by atoms with Crippen LogP contribution in [0.2, 0.25) is 18.1 Å². The molecule has 2 aromatic carbocycles. The van der Waals surface area contributed by atoms with Crippen molar-refractivity contribution in [1.29, 1.82) is 0 Å². The third-order valence-electron chi connectivity index (χ3n) is 8.15. The average Bonchev–Trinajstić information content (AvgIpc) is 2.80. The van der Waals surface area contributed by atoms with E-state index in [1.807, 2.05) is 18.2 Å². The maximum atomic E-state index is 6.93. The molecule has 0 spiro atoms. The van der Waals surface area contributed by atoms with Crippen LogP contribution in [0.25, 0.3) is 0 Å². The molecule has 180 valence electrons. The molecule has 2 saturated heterocycles. The molecule has 0 aliphatic carbocycles. The standard InChI is InChI=1S/C28H40O4Si/c1-24(2,3)28-26(7,8)23(20-15-12-11-13-16-20)29-27(28,31-32-28)21-17-14-18-22(19-21)30-33(9,10)25(4,5)6/h11-19,23H,1-10H3/t23-,27+,28+/m1/s1. The molecule has 0 radical (unpaired) electrons. The fourth-order valence-corrected chi connectivity index (χ4v) is 6.58. The average molecular weight is 469 g/mol. The summed E-state index contributed by atoms with van der Waals surface area (Å²) in [4.78, 5) is 12.2. The van der Waals surface area contributed by atoms with Gasteiger partial charge in [0.2, 0.25) is 8.32 Å². The Morgan fingerprint density at radius 2 is 1.48 bits per heavy atom. The first-order chi connectivity index (χ1) is 15.1. The molecule has 2 aromatic rings. The highest BCUT2D eigenvalue weighted by Crippen LogP contribution is 2.74. The Hall–Kier alpha value is -1.66. The van der Waals surface area contributed by atoms with Crippen molar-refractivity contribution in [1.82, 2.24) is 0 Å². The summed E-state index contributed by atoms with van der Waals surface area (Å²) in [5.41, 5.74) is 0.755. The van der Waals surface area contributed by atoms with Crippen molar-refractivity contribution in [2.45, 2.75) is 91.0 Å². The zero-order valence-corrected chi connectivity index (χ0v) is 22.9. The van der Waals surface area contributed by atoms with E-state index in [1.165, 1.54) is 0 Å². The zero-order chi connectivity index (χ0) is 24.5. The van der Waals surface area contributed by atoms with Gasteiger partial charge in [-0.25, -0.2) is 4.89 Å². The third-order valence-corrected chi connectivity index (χ3v) is 12.5. The van der Waals surface area contributed by atoms with E-state index in [4.69, 9.17) is 18.9 Å². The SMILES string of the molecule is CC(C)(C)[C@@]12OO[C@]1(c1cccc(O[Si](C)(C)C(C)(C)C)c1)O[C@H](c1ccccc1)C2(C)C. The second kappa shape index (κ2) is 7.42. The Labute approximate surface area is 200 Å². The summed E-state index contributed by atoms with van der Waals surface area (Å²) in [6.07, 6.45) is -0.189. The first-order valence-corrected chi connectivity index (χ1v) is 14.9. The Morgan fingerprint density at radius 1 is 0.848 bits per heavy atom. The van der Waals surface area contributed by atoms with E-state index >= 15 is 0 Å². The molecule has 2 aliphatic rings. The second-order valence-electron chi connectivity index (χ2n) is 12.7. The number of ether oxygens (including phenoxy) is 1. The van der Waals surface area contributed by atoms with E-state index < -0.39 is 19.7 Å². The number of fused-ring (bicyclic) bond motifs is 1. The smallest absolute Gasteiger partial charge is 0.262 e. The molecule has 0 unspecified atom stereocenters.